The molecule has 2 rings (SSSR count). The van der Waals surface area contributed by atoms with E-state index in [1.165, 1.54) is 0 Å². The number of carbonyl (C=O) groups is 1. The Morgan fingerprint density at radius 1 is 1.42 bits per heavy atom. The standard InChI is InChI=1S/C17H24N4O3/c1-5-21-11-14(9-18-21)10-20(6-7-24-4)17(23)15-12(2)8-13(3)19-16(15)22/h8-9,11H,5-7,10H2,1-4H3,(H,19,22). The fourth-order valence-electron chi connectivity index (χ4n) is 2.61. The second-order valence-electron chi connectivity index (χ2n) is 5.76. The highest BCUT2D eigenvalue weighted by molar-refractivity contribution is 5.95. The maximum absolute atomic E-state index is 12.9. The van der Waals surface area contributed by atoms with E-state index < -0.39 is 0 Å². The molecule has 2 heterocycles. The molecule has 1 N–H and O–H groups in total. The van der Waals surface area contributed by atoms with Crippen molar-refractivity contribution >= 4 is 5.91 Å². The summed E-state index contributed by atoms with van der Waals surface area (Å²) in [5.74, 6) is -0.296. The van der Waals surface area contributed by atoms with Crippen molar-refractivity contribution < 1.29 is 9.53 Å². The SMILES string of the molecule is CCn1cc(CN(CCOC)C(=O)c2c(C)cc(C)[nH]c2=O)cn1. The number of rotatable bonds is 7. The van der Waals surface area contributed by atoms with Crippen molar-refractivity contribution in [3.05, 3.63) is 51.2 Å². The monoisotopic (exact) mass is 332 g/mol. The summed E-state index contributed by atoms with van der Waals surface area (Å²) in [6.45, 7) is 7.52. The molecular weight excluding hydrogens is 308 g/mol. The van der Waals surface area contributed by atoms with Crippen molar-refractivity contribution in [1.82, 2.24) is 19.7 Å². The molecule has 0 aliphatic carbocycles. The minimum absolute atomic E-state index is 0.180. The molecule has 0 aliphatic heterocycles. The molecule has 0 saturated carbocycles. The van der Waals surface area contributed by atoms with Crippen molar-refractivity contribution in [2.24, 2.45) is 0 Å². The van der Waals surface area contributed by atoms with Crippen molar-refractivity contribution in [2.75, 3.05) is 20.3 Å². The Bertz CT molecular complexity index is 763. The van der Waals surface area contributed by atoms with Crippen LogP contribution in [0.15, 0.2) is 23.3 Å². The minimum atomic E-state index is -0.357. The van der Waals surface area contributed by atoms with Gasteiger partial charge in [0.2, 0.25) is 0 Å². The summed E-state index contributed by atoms with van der Waals surface area (Å²) in [4.78, 5) is 29.5. The zero-order valence-corrected chi connectivity index (χ0v) is 14.6. The number of carbonyl (C=O) groups excluding carboxylic acids is 1. The molecule has 0 saturated heterocycles. The van der Waals surface area contributed by atoms with Gasteiger partial charge in [0.1, 0.15) is 5.56 Å². The average molecular weight is 332 g/mol. The van der Waals surface area contributed by atoms with Gasteiger partial charge < -0.3 is 14.6 Å². The molecule has 2 aromatic heterocycles. The maximum atomic E-state index is 12.9. The number of hydrogen-bond donors (Lipinski definition) is 1. The Balaban J connectivity index is 2.29. The van der Waals surface area contributed by atoms with E-state index in [1.807, 2.05) is 13.1 Å². The Labute approximate surface area is 141 Å². The van der Waals surface area contributed by atoms with Crippen molar-refractivity contribution in [1.29, 1.82) is 0 Å². The molecule has 0 unspecified atom stereocenters. The van der Waals surface area contributed by atoms with Crippen LogP contribution in [0.4, 0.5) is 0 Å². The normalized spacial score (nSPS) is 10.8. The Kier molecular flexibility index (Phi) is 5.92. The van der Waals surface area contributed by atoms with Gasteiger partial charge in [-0.25, -0.2) is 0 Å². The van der Waals surface area contributed by atoms with Crippen molar-refractivity contribution in [3.8, 4) is 0 Å². The molecule has 0 aliphatic rings. The van der Waals surface area contributed by atoms with Crippen LogP contribution >= 0.6 is 0 Å². The van der Waals surface area contributed by atoms with E-state index in [0.717, 1.165) is 17.8 Å². The second-order valence-corrected chi connectivity index (χ2v) is 5.76. The first-order chi connectivity index (χ1) is 11.5. The topological polar surface area (TPSA) is 80.2 Å². The lowest BCUT2D eigenvalue weighted by Gasteiger charge is -2.22. The van der Waals surface area contributed by atoms with Gasteiger partial charge in [-0.3, -0.25) is 14.3 Å². The zero-order chi connectivity index (χ0) is 17.7. The fraction of sp³-hybridized carbons (Fsp3) is 0.471. The molecule has 7 nitrogen and oxygen atoms in total. The van der Waals surface area contributed by atoms with Crippen LogP contribution in [-0.4, -0.2) is 45.8 Å². The number of ether oxygens (including phenoxy) is 1. The molecule has 0 bridgehead atoms. The van der Waals surface area contributed by atoms with E-state index in [0.29, 0.717) is 25.3 Å². The lowest BCUT2D eigenvalue weighted by Crippen LogP contribution is -2.37. The average Bonchev–Trinajstić information content (AvgIpc) is 2.98. The molecule has 0 atom stereocenters. The van der Waals surface area contributed by atoms with Crippen LogP contribution in [0.2, 0.25) is 0 Å². The summed E-state index contributed by atoms with van der Waals surface area (Å²) < 4.78 is 6.91. The van der Waals surface area contributed by atoms with Gasteiger partial charge >= 0.3 is 0 Å². The maximum Gasteiger partial charge on any atom is 0.261 e. The molecule has 0 aromatic carbocycles. The summed E-state index contributed by atoms with van der Waals surface area (Å²) in [7, 11) is 1.59. The lowest BCUT2D eigenvalue weighted by molar-refractivity contribution is 0.0678. The van der Waals surface area contributed by atoms with Crippen LogP contribution in [-0.2, 0) is 17.8 Å². The Hall–Kier alpha value is -2.41. The summed E-state index contributed by atoms with van der Waals surface area (Å²) in [6.07, 6.45) is 3.64. The largest absolute Gasteiger partial charge is 0.383 e. The molecule has 24 heavy (non-hydrogen) atoms. The number of pyridine rings is 1. The number of nitrogens with zero attached hydrogens (tertiary/aromatic N) is 3. The highest BCUT2D eigenvalue weighted by Gasteiger charge is 2.21. The first kappa shape index (κ1) is 17.9. The van der Waals surface area contributed by atoms with Crippen LogP contribution in [0.25, 0.3) is 0 Å². The van der Waals surface area contributed by atoms with Gasteiger partial charge in [0.05, 0.1) is 12.8 Å². The highest BCUT2D eigenvalue weighted by Crippen LogP contribution is 2.11. The smallest absolute Gasteiger partial charge is 0.261 e. The van der Waals surface area contributed by atoms with Gasteiger partial charge in [0.15, 0.2) is 0 Å². The predicted octanol–water partition coefficient (Wildman–Crippen LogP) is 1.50. The van der Waals surface area contributed by atoms with E-state index in [4.69, 9.17) is 4.74 Å². The Morgan fingerprint density at radius 2 is 2.17 bits per heavy atom. The summed E-state index contributed by atoms with van der Waals surface area (Å²) in [5.41, 5.74) is 2.15. The lowest BCUT2D eigenvalue weighted by atomic mass is 10.1. The molecular formula is C17H24N4O3. The summed E-state index contributed by atoms with van der Waals surface area (Å²) in [6, 6.07) is 1.80. The quantitative estimate of drug-likeness (QED) is 0.833. The fourth-order valence-corrected chi connectivity index (χ4v) is 2.61. The molecule has 7 heteroatoms. The van der Waals surface area contributed by atoms with E-state index in [1.54, 1.807) is 42.8 Å². The van der Waals surface area contributed by atoms with Crippen molar-refractivity contribution in [2.45, 2.75) is 33.9 Å². The van der Waals surface area contributed by atoms with E-state index in [2.05, 4.69) is 10.1 Å². The van der Waals surface area contributed by atoms with Crippen LogP contribution in [0, 0.1) is 13.8 Å². The first-order valence-electron chi connectivity index (χ1n) is 7.96. The van der Waals surface area contributed by atoms with Gasteiger partial charge in [0, 0.05) is 44.2 Å². The van der Waals surface area contributed by atoms with Crippen LogP contribution < -0.4 is 5.56 Å². The summed E-state index contributed by atoms with van der Waals surface area (Å²) in [5, 5.41) is 4.23. The van der Waals surface area contributed by atoms with Gasteiger partial charge in [-0.05, 0) is 32.4 Å². The molecule has 0 spiro atoms. The van der Waals surface area contributed by atoms with Crippen LogP contribution in [0.5, 0.6) is 0 Å². The number of aryl methyl sites for hydroxylation is 3. The number of aromatic nitrogens is 3. The van der Waals surface area contributed by atoms with E-state index >= 15 is 0 Å². The van der Waals surface area contributed by atoms with Gasteiger partial charge in [-0.15, -0.1) is 0 Å². The molecule has 1 amide bonds. The third-order valence-corrected chi connectivity index (χ3v) is 3.82. The van der Waals surface area contributed by atoms with Crippen LogP contribution in [0.3, 0.4) is 0 Å². The minimum Gasteiger partial charge on any atom is -0.383 e. The number of H-pyrrole nitrogens is 1. The highest BCUT2D eigenvalue weighted by atomic mass is 16.5. The number of aromatic amines is 1. The van der Waals surface area contributed by atoms with Crippen LogP contribution in [0.1, 0.15) is 34.1 Å². The number of nitrogens with one attached hydrogen (secondary N) is 1. The number of hydrogen-bond acceptors (Lipinski definition) is 4. The zero-order valence-electron chi connectivity index (χ0n) is 14.6. The molecule has 2 aromatic rings. The van der Waals surface area contributed by atoms with Gasteiger partial charge in [-0.1, -0.05) is 0 Å². The van der Waals surface area contributed by atoms with E-state index in [9.17, 15) is 9.59 Å². The first-order valence-corrected chi connectivity index (χ1v) is 7.96. The number of methoxy groups -OCH3 is 1. The molecule has 0 radical (unpaired) electrons. The Morgan fingerprint density at radius 3 is 2.75 bits per heavy atom. The van der Waals surface area contributed by atoms with Gasteiger partial charge in [-0.2, -0.15) is 5.10 Å². The third-order valence-electron chi connectivity index (χ3n) is 3.82. The van der Waals surface area contributed by atoms with Crippen molar-refractivity contribution in [3.63, 3.8) is 0 Å². The molecule has 130 valence electrons. The summed E-state index contributed by atoms with van der Waals surface area (Å²) >= 11 is 0. The number of amides is 1. The predicted molar refractivity (Wildman–Crippen MR) is 91.1 cm³/mol. The van der Waals surface area contributed by atoms with Gasteiger partial charge in [0.25, 0.3) is 11.5 Å². The van der Waals surface area contributed by atoms with E-state index in [-0.39, 0.29) is 17.0 Å². The third kappa shape index (κ3) is 4.11. The molecule has 0 fully saturated rings. The second kappa shape index (κ2) is 7.92.